The van der Waals surface area contributed by atoms with Crippen LogP contribution in [0, 0.1) is 13.8 Å². The summed E-state index contributed by atoms with van der Waals surface area (Å²) < 4.78 is 33.0. The van der Waals surface area contributed by atoms with E-state index in [4.69, 9.17) is 4.74 Å². The summed E-state index contributed by atoms with van der Waals surface area (Å²) in [6, 6.07) is 5.46. The number of hydrogen-bond acceptors (Lipinski definition) is 4. The van der Waals surface area contributed by atoms with Gasteiger partial charge in [0.15, 0.2) is 0 Å². The van der Waals surface area contributed by atoms with Gasteiger partial charge in [-0.1, -0.05) is 12.1 Å². The van der Waals surface area contributed by atoms with Gasteiger partial charge in [0, 0.05) is 13.7 Å². The van der Waals surface area contributed by atoms with Crippen LogP contribution in [-0.2, 0) is 14.8 Å². The molecule has 1 atom stereocenters. The summed E-state index contributed by atoms with van der Waals surface area (Å²) in [6.45, 7) is 5.45. The first-order chi connectivity index (χ1) is 9.88. The molecular weight excluding hydrogens is 288 g/mol. The summed E-state index contributed by atoms with van der Waals surface area (Å²) >= 11 is 0. The lowest BCUT2D eigenvalue weighted by Crippen LogP contribution is -2.52. The zero-order chi connectivity index (χ0) is 15.5. The van der Waals surface area contributed by atoms with Crippen LogP contribution in [0.25, 0.3) is 0 Å². The van der Waals surface area contributed by atoms with Crippen molar-refractivity contribution in [1.82, 2.24) is 10.0 Å². The molecule has 21 heavy (non-hydrogen) atoms. The van der Waals surface area contributed by atoms with Crippen LogP contribution in [0.4, 0.5) is 0 Å². The minimum atomic E-state index is -3.50. The van der Waals surface area contributed by atoms with Crippen molar-refractivity contribution in [2.45, 2.75) is 37.1 Å². The van der Waals surface area contributed by atoms with E-state index < -0.39 is 10.0 Å². The lowest BCUT2D eigenvalue weighted by molar-refractivity contribution is 0.122. The predicted molar refractivity (Wildman–Crippen MR) is 82.9 cm³/mol. The zero-order valence-corrected chi connectivity index (χ0v) is 13.7. The normalized spacial score (nSPS) is 22.6. The molecule has 0 aliphatic carbocycles. The molecule has 1 saturated heterocycles. The van der Waals surface area contributed by atoms with Crippen LogP contribution >= 0.6 is 0 Å². The highest BCUT2D eigenvalue weighted by Crippen LogP contribution is 2.21. The summed E-state index contributed by atoms with van der Waals surface area (Å²) in [7, 11) is -1.86. The number of benzene rings is 1. The van der Waals surface area contributed by atoms with E-state index in [1.165, 1.54) is 0 Å². The molecular formula is C15H24N2O3S. The highest BCUT2D eigenvalue weighted by molar-refractivity contribution is 7.89. The van der Waals surface area contributed by atoms with Gasteiger partial charge in [-0.25, -0.2) is 13.1 Å². The fraction of sp³-hybridized carbons (Fsp3) is 0.600. The number of ether oxygens (including phenoxy) is 1. The second kappa shape index (κ2) is 6.44. The molecule has 0 spiro atoms. The summed E-state index contributed by atoms with van der Waals surface area (Å²) in [5.41, 5.74) is 1.40. The van der Waals surface area contributed by atoms with Gasteiger partial charge in [0.05, 0.1) is 17.0 Å². The molecule has 0 amide bonds. The average Bonchev–Trinajstić information content (AvgIpc) is 2.89. The van der Waals surface area contributed by atoms with Gasteiger partial charge in [0.2, 0.25) is 10.0 Å². The highest BCUT2D eigenvalue weighted by Gasteiger charge is 2.35. The van der Waals surface area contributed by atoms with Gasteiger partial charge in [-0.2, -0.15) is 0 Å². The Bertz CT molecular complexity index is 593. The number of rotatable bonds is 6. The van der Waals surface area contributed by atoms with Crippen LogP contribution in [0.2, 0.25) is 0 Å². The first kappa shape index (κ1) is 16.4. The molecule has 1 fully saturated rings. The topological polar surface area (TPSA) is 67.4 Å². The molecule has 6 heteroatoms. The molecule has 5 nitrogen and oxygen atoms in total. The Morgan fingerprint density at radius 2 is 2.14 bits per heavy atom. The summed E-state index contributed by atoms with van der Waals surface area (Å²) in [5.74, 6) is 0. The van der Waals surface area contributed by atoms with Crippen molar-refractivity contribution in [3.63, 3.8) is 0 Å². The number of sulfonamides is 1. The van der Waals surface area contributed by atoms with Gasteiger partial charge in [-0.15, -0.1) is 0 Å². The Hall–Kier alpha value is -0.950. The monoisotopic (exact) mass is 312 g/mol. The average molecular weight is 312 g/mol. The van der Waals surface area contributed by atoms with Crippen molar-refractivity contribution in [3.05, 3.63) is 29.3 Å². The largest absolute Gasteiger partial charge is 0.383 e. The van der Waals surface area contributed by atoms with E-state index in [-0.39, 0.29) is 5.54 Å². The molecule has 0 saturated carbocycles. The minimum Gasteiger partial charge on any atom is -0.383 e. The quantitative estimate of drug-likeness (QED) is 0.832. The lowest BCUT2D eigenvalue weighted by Gasteiger charge is -2.29. The molecule has 2 rings (SSSR count). The van der Waals surface area contributed by atoms with Crippen LogP contribution < -0.4 is 10.0 Å². The Morgan fingerprint density at radius 3 is 2.76 bits per heavy atom. The van der Waals surface area contributed by atoms with Crippen LogP contribution in [-0.4, -0.2) is 40.8 Å². The summed E-state index contributed by atoms with van der Waals surface area (Å²) in [5, 5.41) is 3.37. The summed E-state index contributed by atoms with van der Waals surface area (Å²) in [6.07, 6.45) is 1.95. The third kappa shape index (κ3) is 3.83. The van der Waals surface area contributed by atoms with Crippen molar-refractivity contribution in [2.75, 3.05) is 26.8 Å². The van der Waals surface area contributed by atoms with E-state index in [9.17, 15) is 8.42 Å². The second-order valence-electron chi connectivity index (χ2n) is 5.84. The minimum absolute atomic E-state index is 0.292. The van der Waals surface area contributed by atoms with Crippen molar-refractivity contribution < 1.29 is 13.2 Å². The molecule has 1 heterocycles. The summed E-state index contributed by atoms with van der Waals surface area (Å²) in [4.78, 5) is 0.355. The van der Waals surface area contributed by atoms with Gasteiger partial charge in [-0.3, -0.25) is 0 Å². The molecule has 0 aromatic heterocycles. The van der Waals surface area contributed by atoms with Crippen molar-refractivity contribution in [1.29, 1.82) is 0 Å². The molecule has 1 unspecified atom stereocenters. The van der Waals surface area contributed by atoms with Crippen molar-refractivity contribution in [2.24, 2.45) is 0 Å². The van der Waals surface area contributed by atoms with E-state index >= 15 is 0 Å². The third-order valence-electron chi connectivity index (χ3n) is 3.99. The number of hydrogen-bond donors (Lipinski definition) is 2. The number of methoxy groups -OCH3 is 1. The zero-order valence-electron chi connectivity index (χ0n) is 12.9. The van der Waals surface area contributed by atoms with Gasteiger partial charge >= 0.3 is 0 Å². The maximum Gasteiger partial charge on any atom is 0.240 e. The van der Waals surface area contributed by atoms with Gasteiger partial charge < -0.3 is 10.1 Å². The van der Waals surface area contributed by atoms with Crippen molar-refractivity contribution in [3.8, 4) is 0 Å². The van der Waals surface area contributed by atoms with Crippen molar-refractivity contribution >= 4 is 10.0 Å². The van der Waals surface area contributed by atoms with E-state index in [0.717, 1.165) is 30.5 Å². The van der Waals surface area contributed by atoms with Crippen LogP contribution in [0.5, 0.6) is 0 Å². The Labute approximate surface area is 127 Å². The smallest absolute Gasteiger partial charge is 0.240 e. The molecule has 1 aromatic rings. The lowest BCUT2D eigenvalue weighted by atomic mass is 9.99. The van der Waals surface area contributed by atoms with E-state index in [2.05, 4.69) is 10.0 Å². The molecule has 1 aliphatic heterocycles. The molecule has 0 radical (unpaired) electrons. The highest BCUT2D eigenvalue weighted by atomic mass is 32.2. The Morgan fingerprint density at radius 1 is 1.38 bits per heavy atom. The first-order valence-corrected chi connectivity index (χ1v) is 8.68. The third-order valence-corrected chi connectivity index (χ3v) is 5.53. The van der Waals surface area contributed by atoms with E-state index in [1.54, 1.807) is 13.2 Å². The molecule has 118 valence electrons. The fourth-order valence-electron chi connectivity index (χ4n) is 2.78. The predicted octanol–water partition coefficient (Wildman–Crippen LogP) is 1.35. The number of nitrogens with one attached hydrogen (secondary N) is 2. The fourth-order valence-corrected chi connectivity index (χ4v) is 4.23. The van der Waals surface area contributed by atoms with Gasteiger partial charge in [0.25, 0.3) is 0 Å². The van der Waals surface area contributed by atoms with Gasteiger partial charge in [0.1, 0.15) is 0 Å². The number of aryl methyl sites for hydroxylation is 2. The van der Waals surface area contributed by atoms with Gasteiger partial charge in [-0.05, 0) is 50.4 Å². The molecule has 1 aliphatic rings. The SMILES string of the molecule is COCC1(CNS(=O)(=O)c2cc(C)ccc2C)CCCN1. The van der Waals surface area contributed by atoms with E-state index in [1.807, 2.05) is 26.0 Å². The Balaban J connectivity index is 2.15. The maximum absolute atomic E-state index is 12.5. The van der Waals surface area contributed by atoms with Crippen LogP contribution in [0.15, 0.2) is 23.1 Å². The first-order valence-electron chi connectivity index (χ1n) is 7.19. The van der Waals surface area contributed by atoms with Crippen LogP contribution in [0.1, 0.15) is 24.0 Å². The maximum atomic E-state index is 12.5. The molecule has 2 N–H and O–H groups in total. The standard InChI is InChI=1S/C15H24N2O3S/c1-12-5-6-13(2)14(9-12)21(18,19)17-10-15(11-20-3)7-4-8-16-15/h5-6,9,16-17H,4,7-8,10-11H2,1-3H3. The van der Waals surface area contributed by atoms with Crippen LogP contribution in [0.3, 0.4) is 0 Å². The molecule has 1 aromatic carbocycles. The van der Waals surface area contributed by atoms with E-state index in [0.29, 0.717) is 18.0 Å². The Kier molecular flexibility index (Phi) is 5.03. The second-order valence-corrected chi connectivity index (χ2v) is 7.57. The molecule has 0 bridgehead atoms.